The molecule has 0 fully saturated rings. The van der Waals surface area contributed by atoms with Gasteiger partial charge in [-0.1, -0.05) is 0 Å². The van der Waals surface area contributed by atoms with Gasteiger partial charge in [0.15, 0.2) is 0 Å². The van der Waals surface area contributed by atoms with Crippen molar-refractivity contribution in [2.24, 2.45) is 5.73 Å². The summed E-state index contributed by atoms with van der Waals surface area (Å²) in [7, 11) is 0. The molecule has 3 nitrogen and oxygen atoms in total. The Bertz CT molecular complexity index is 213. The standard InChI is InChI=1S/C8H13NO2S/c9-4-5-12-7-3-1-2-6(7)8(10)11/h1-5,9H2,(H,10,11). The summed E-state index contributed by atoms with van der Waals surface area (Å²) in [5.41, 5.74) is 5.94. The van der Waals surface area contributed by atoms with E-state index in [-0.39, 0.29) is 0 Å². The molecule has 0 heterocycles. The molecule has 1 aliphatic rings. The summed E-state index contributed by atoms with van der Waals surface area (Å²) < 4.78 is 0. The Morgan fingerprint density at radius 3 is 2.92 bits per heavy atom. The Labute approximate surface area is 76.0 Å². The highest BCUT2D eigenvalue weighted by molar-refractivity contribution is 8.03. The number of carboxylic acid groups (broad SMARTS) is 1. The Morgan fingerprint density at radius 1 is 1.58 bits per heavy atom. The minimum absolute atomic E-state index is 0.605. The number of nitrogens with two attached hydrogens (primary N) is 1. The third-order valence-corrected chi connectivity index (χ3v) is 3.06. The van der Waals surface area contributed by atoms with Crippen LogP contribution in [0.3, 0.4) is 0 Å². The molecule has 3 N–H and O–H groups in total. The number of rotatable bonds is 4. The first-order valence-electron chi connectivity index (χ1n) is 4.04. The van der Waals surface area contributed by atoms with Crippen LogP contribution >= 0.6 is 11.8 Å². The zero-order valence-corrected chi connectivity index (χ0v) is 7.69. The van der Waals surface area contributed by atoms with Crippen LogP contribution in [0.15, 0.2) is 10.5 Å². The molecular weight excluding hydrogens is 174 g/mol. The second kappa shape index (κ2) is 4.52. The molecule has 4 heteroatoms. The van der Waals surface area contributed by atoms with Gasteiger partial charge in [0, 0.05) is 17.9 Å². The van der Waals surface area contributed by atoms with Crippen molar-refractivity contribution in [2.45, 2.75) is 19.3 Å². The fraction of sp³-hybridized carbons (Fsp3) is 0.625. The maximum Gasteiger partial charge on any atom is 0.332 e. The van der Waals surface area contributed by atoms with Crippen LogP contribution < -0.4 is 5.73 Å². The van der Waals surface area contributed by atoms with E-state index in [0.29, 0.717) is 12.1 Å². The number of hydrogen-bond acceptors (Lipinski definition) is 3. The molecule has 0 atom stereocenters. The largest absolute Gasteiger partial charge is 0.478 e. The number of thioether (sulfide) groups is 1. The van der Waals surface area contributed by atoms with Crippen molar-refractivity contribution in [2.75, 3.05) is 12.3 Å². The van der Waals surface area contributed by atoms with Gasteiger partial charge in [0.05, 0.1) is 0 Å². The van der Waals surface area contributed by atoms with Gasteiger partial charge >= 0.3 is 5.97 Å². The summed E-state index contributed by atoms with van der Waals surface area (Å²) in [5, 5.41) is 8.78. The highest BCUT2D eigenvalue weighted by Crippen LogP contribution is 2.33. The molecule has 68 valence electrons. The van der Waals surface area contributed by atoms with Crippen LogP contribution in [0.1, 0.15) is 19.3 Å². The summed E-state index contributed by atoms with van der Waals surface area (Å²) in [6, 6.07) is 0. The SMILES string of the molecule is NCCSC1=C(C(=O)O)CCC1. The van der Waals surface area contributed by atoms with Gasteiger partial charge in [-0.25, -0.2) is 4.79 Å². The Morgan fingerprint density at radius 2 is 2.33 bits per heavy atom. The Balaban J connectivity index is 2.57. The van der Waals surface area contributed by atoms with Crippen molar-refractivity contribution in [3.8, 4) is 0 Å². The van der Waals surface area contributed by atoms with Crippen molar-refractivity contribution in [3.05, 3.63) is 10.5 Å². The van der Waals surface area contributed by atoms with Crippen LogP contribution in [0.5, 0.6) is 0 Å². The minimum Gasteiger partial charge on any atom is -0.478 e. The molecule has 0 unspecified atom stereocenters. The van der Waals surface area contributed by atoms with Gasteiger partial charge in [-0.3, -0.25) is 0 Å². The molecule has 0 saturated heterocycles. The molecule has 0 aromatic carbocycles. The van der Waals surface area contributed by atoms with Gasteiger partial charge in [0.25, 0.3) is 0 Å². The van der Waals surface area contributed by atoms with E-state index in [4.69, 9.17) is 10.8 Å². The van der Waals surface area contributed by atoms with E-state index in [2.05, 4.69) is 0 Å². The van der Waals surface area contributed by atoms with Gasteiger partial charge in [0.1, 0.15) is 0 Å². The highest BCUT2D eigenvalue weighted by atomic mass is 32.2. The monoisotopic (exact) mass is 187 g/mol. The zero-order chi connectivity index (χ0) is 8.97. The van der Waals surface area contributed by atoms with Crippen molar-refractivity contribution < 1.29 is 9.90 Å². The second-order valence-corrected chi connectivity index (χ2v) is 3.89. The van der Waals surface area contributed by atoms with E-state index >= 15 is 0 Å². The molecule has 0 aliphatic heterocycles. The van der Waals surface area contributed by atoms with Crippen LogP contribution in [0.2, 0.25) is 0 Å². The lowest BCUT2D eigenvalue weighted by Gasteiger charge is -2.01. The number of hydrogen-bond donors (Lipinski definition) is 2. The molecule has 0 radical (unpaired) electrons. The van der Waals surface area contributed by atoms with E-state index in [1.165, 1.54) is 0 Å². The summed E-state index contributed by atoms with van der Waals surface area (Å²) >= 11 is 1.59. The first-order valence-corrected chi connectivity index (χ1v) is 5.02. The highest BCUT2D eigenvalue weighted by Gasteiger charge is 2.19. The third kappa shape index (κ3) is 2.25. The molecule has 0 spiro atoms. The van der Waals surface area contributed by atoms with E-state index in [1.807, 2.05) is 0 Å². The lowest BCUT2D eigenvalue weighted by atomic mass is 10.2. The van der Waals surface area contributed by atoms with Crippen molar-refractivity contribution in [1.82, 2.24) is 0 Å². The normalized spacial score (nSPS) is 17.1. The number of aliphatic carboxylic acids is 1. The summed E-state index contributed by atoms with van der Waals surface area (Å²) in [5.74, 6) is 0.0681. The van der Waals surface area contributed by atoms with Crippen LogP contribution in [0, 0.1) is 0 Å². The second-order valence-electron chi connectivity index (χ2n) is 2.70. The lowest BCUT2D eigenvalue weighted by molar-refractivity contribution is -0.132. The summed E-state index contributed by atoms with van der Waals surface area (Å²) in [6.45, 7) is 0.612. The fourth-order valence-electron chi connectivity index (χ4n) is 1.28. The smallest absolute Gasteiger partial charge is 0.332 e. The zero-order valence-electron chi connectivity index (χ0n) is 6.88. The number of carbonyl (C=O) groups is 1. The van der Waals surface area contributed by atoms with Crippen LogP contribution in [-0.2, 0) is 4.79 Å². The maximum atomic E-state index is 10.7. The van der Waals surface area contributed by atoms with Gasteiger partial charge in [-0.15, -0.1) is 11.8 Å². The van der Waals surface area contributed by atoms with E-state index in [1.54, 1.807) is 11.8 Å². The van der Waals surface area contributed by atoms with Crippen molar-refractivity contribution in [1.29, 1.82) is 0 Å². The van der Waals surface area contributed by atoms with Crippen molar-refractivity contribution in [3.63, 3.8) is 0 Å². The molecule has 0 bridgehead atoms. The van der Waals surface area contributed by atoms with Gasteiger partial charge in [-0.2, -0.15) is 0 Å². The topological polar surface area (TPSA) is 63.3 Å². The van der Waals surface area contributed by atoms with Crippen LogP contribution in [0.25, 0.3) is 0 Å². The fourth-order valence-corrected chi connectivity index (χ4v) is 2.30. The molecule has 0 aromatic heterocycles. The maximum absolute atomic E-state index is 10.7. The summed E-state index contributed by atoms with van der Waals surface area (Å²) in [6.07, 6.45) is 2.63. The number of carboxylic acids is 1. The van der Waals surface area contributed by atoms with Gasteiger partial charge in [0.2, 0.25) is 0 Å². The van der Waals surface area contributed by atoms with Crippen LogP contribution in [0.4, 0.5) is 0 Å². The molecule has 12 heavy (non-hydrogen) atoms. The van der Waals surface area contributed by atoms with Crippen molar-refractivity contribution >= 4 is 17.7 Å². The van der Waals surface area contributed by atoms with E-state index < -0.39 is 5.97 Å². The Kier molecular flexibility index (Phi) is 3.62. The minimum atomic E-state index is -0.757. The molecular formula is C8H13NO2S. The third-order valence-electron chi connectivity index (χ3n) is 1.82. The lowest BCUT2D eigenvalue weighted by Crippen LogP contribution is -2.03. The molecule has 0 amide bonds. The van der Waals surface area contributed by atoms with Gasteiger partial charge < -0.3 is 10.8 Å². The summed E-state index contributed by atoms with van der Waals surface area (Å²) in [4.78, 5) is 11.7. The molecule has 0 saturated carbocycles. The van der Waals surface area contributed by atoms with E-state index in [0.717, 1.165) is 29.9 Å². The average molecular weight is 187 g/mol. The molecule has 0 aromatic rings. The van der Waals surface area contributed by atoms with Gasteiger partial charge in [-0.05, 0) is 24.2 Å². The average Bonchev–Trinajstić information content (AvgIpc) is 2.48. The number of allylic oxidation sites excluding steroid dienone is 1. The Hall–Kier alpha value is -0.480. The predicted octanol–water partition coefficient (Wildman–Crippen LogP) is 1.20. The van der Waals surface area contributed by atoms with E-state index in [9.17, 15) is 4.79 Å². The predicted molar refractivity (Wildman–Crippen MR) is 50.0 cm³/mol. The first kappa shape index (κ1) is 9.61. The molecule has 1 rings (SSSR count). The first-order chi connectivity index (χ1) is 5.75. The molecule has 1 aliphatic carbocycles. The quantitative estimate of drug-likeness (QED) is 0.694. The van der Waals surface area contributed by atoms with Crippen LogP contribution in [-0.4, -0.2) is 23.4 Å².